The molecule has 2 rings (SSSR count). The molecule has 1 amide bonds. The van der Waals surface area contributed by atoms with Gasteiger partial charge in [0.1, 0.15) is 0 Å². The van der Waals surface area contributed by atoms with Gasteiger partial charge in [0.2, 0.25) is 5.91 Å². The second kappa shape index (κ2) is 3.57. The molecule has 4 nitrogen and oxygen atoms in total. The largest absolute Gasteiger partial charge is 0.324 e. The number of anilines is 1. The quantitative estimate of drug-likeness (QED) is 0.725. The number of amides is 1. The van der Waals surface area contributed by atoms with Crippen LogP contribution in [0.3, 0.4) is 0 Å². The lowest BCUT2D eigenvalue weighted by atomic mass is 10.1. The minimum atomic E-state index is -0.0345. The zero-order valence-electron chi connectivity index (χ0n) is 7.34. The van der Waals surface area contributed by atoms with Gasteiger partial charge in [-0.05, 0) is 17.2 Å². The zero-order valence-corrected chi connectivity index (χ0v) is 8.10. The molecule has 74 valence electrons. The number of fused-ring (bicyclic) bond motifs is 1. The Balaban J connectivity index is 2.40. The Morgan fingerprint density at radius 3 is 3.07 bits per heavy atom. The molecule has 0 fully saturated rings. The van der Waals surface area contributed by atoms with Gasteiger partial charge in [-0.15, -0.1) is 0 Å². The van der Waals surface area contributed by atoms with Crippen molar-refractivity contribution in [3.63, 3.8) is 0 Å². The van der Waals surface area contributed by atoms with Crippen molar-refractivity contribution in [3.8, 4) is 0 Å². The van der Waals surface area contributed by atoms with Crippen molar-refractivity contribution in [2.24, 2.45) is 5.90 Å². The molecule has 1 aromatic carbocycles. The SMILES string of the molecule is NOCc1cc(Cl)c2c(c1)CC(=O)N2. The summed E-state index contributed by atoms with van der Waals surface area (Å²) in [5, 5.41) is 3.22. The highest BCUT2D eigenvalue weighted by atomic mass is 35.5. The van der Waals surface area contributed by atoms with Gasteiger partial charge in [0, 0.05) is 0 Å². The second-order valence-corrected chi connectivity index (χ2v) is 3.55. The Kier molecular flexibility index (Phi) is 2.41. The number of hydrogen-bond donors (Lipinski definition) is 2. The fraction of sp³-hybridized carbons (Fsp3) is 0.222. The van der Waals surface area contributed by atoms with Crippen LogP contribution in [-0.4, -0.2) is 5.91 Å². The molecule has 0 unspecified atom stereocenters. The van der Waals surface area contributed by atoms with Gasteiger partial charge in [-0.3, -0.25) is 9.63 Å². The number of rotatable bonds is 2. The Bertz CT molecular complexity index is 393. The maximum Gasteiger partial charge on any atom is 0.228 e. The summed E-state index contributed by atoms with van der Waals surface area (Å²) in [6.07, 6.45) is 0.369. The predicted octanol–water partition coefficient (Wildman–Crippen LogP) is 1.22. The standard InChI is InChI=1S/C9H9ClN2O2/c10-7-2-5(4-14-11)1-6-3-8(13)12-9(6)7/h1-2H,3-4,11H2,(H,12,13). The van der Waals surface area contributed by atoms with Crippen molar-refractivity contribution >= 4 is 23.2 Å². The number of nitrogens with one attached hydrogen (secondary N) is 1. The zero-order chi connectivity index (χ0) is 10.1. The number of carbonyl (C=O) groups is 1. The Labute approximate surface area is 85.9 Å². The van der Waals surface area contributed by atoms with E-state index in [0.717, 1.165) is 11.1 Å². The number of benzene rings is 1. The molecular weight excluding hydrogens is 204 g/mol. The third kappa shape index (κ3) is 1.59. The van der Waals surface area contributed by atoms with E-state index in [1.165, 1.54) is 0 Å². The Morgan fingerprint density at radius 2 is 2.36 bits per heavy atom. The Hall–Kier alpha value is -1.10. The molecule has 0 bridgehead atoms. The van der Waals surface area contributed by atoms with E-state index in [4.69, 9.17) is 17.5 Å². The van der Waals surface area contributed by atoms with E-state index in [9.17, 15) is 4.79 Å². The van der Waals surface area contributed by atoms with Gasteiger partial charge >= 0.3 is 0 Å². The lowest BCUT2D eigenvalue weighted by Gasteiger charge is -2.05. The minimum absolute atomic E-state index is 0.0345. The summed E-state index contributed by atoms with van der Waals surface area (Å²) in [7, 11) is 0. The van der Waals surface area contributed by atoms with Crippen molar-refractivity contribution in [1.29, 1.82) is 0 Å². The van der Waals surface area contributed by atoms with Crippen LogP contribution in [0.25, 0.3) is 0 Å². The lowest BCUT2D eigenvalue weighted by Crippen LogP contribution is -2.03. The molecule has 0 saturated carbocycles. The van der Waals surface area contributed by atoms with E-state index in [2.05, 4.69) is 10.2 Å². The highest BCUT2D eigenvalue weighted by Crippen LogP contribution is 2.32. The first-order valence-corrected chi connectivity index (χ1v) is 4.51. The molecule has 0 aromatic heterocycles. The third-order valence-corrected chi connectivity index (χ3v) is 2.40. The summed E-state index contributed by atoms with van der Waals surface area (Å²) < 4.78 is 0. The molecule has 1 aromatic rings. The summed E-state index contributed by atoms with van der Waals surface area (Å²) in [4.78, 5) is 15.6. The summed E-state index contributed by atoms with van der Waals surface area (Å²) >= 11 is 5.96. The first-order chi connectivity index (χ1) is 6.70. The molecule has 5 heteroatoms. The van der Waals surface area contributed by atoms with Crippen LogP contribution in [-0.2, 0) is 22.7 Å². The fourth-order valence-electron chi connectivity index (χ4n) is 1.54. The van der Waals surface area contributed by atoms with Crippen LogP contribution in [0.5, 0.6) is 0 Å². The molecule has 14 heavy (non-hydrogen) atoms. The van der Waals surface area contributed by atoms with Crippen molar-refractivity contribution in [3.05, 3.63) is 28.3 Å². The van der Waals surface area contributed by atoms with E-state index in [-0.39, 0.29) is 5.91 Å². The van der Waals surface area contributed by atoms with Gasteiger partial charge in [-0.1, -0.05) is 17.7 Å². The summed E-state index contributed by atoms with van der Waals surface area (Å²) in [6, 6.07) is 3.60. The van der Waals surface area contributed by atoms with Crippen LogP contribution in [0.4, 0.5) is 5.69 Å². The van der Waals surface area contributed by atoms with E-state index in [0.29, 0.717) is 23.7 Å². The van der Waals surface area contributed by atoms with Gasteiger partial charge in [0.05, 0.1) is 23.7 Å². The van der Waals surface area contributed by atoms with Gasteiger partial charge in [-0.25, -0.2) is 5.90 Å². The lowest BCUT2D eigenvalue weighted by molar-refractivity contribution is -0.115. The summed E-state index contributed by atoms with van der Waals surface area (Å²) in [5.74, 6) is 4.92. The molecule has 0 saturated heterocycles. The van der Waals surface area contributed by atoms with Crippen molar-refractivity contribution < 1.29 is 9.63 Å². The van der Waals surface area contributed by atoms with Crippen molar-refractivity contribution in [1.82, 2.24) is 0 Å². The molecular formula is C9H9ClN2O2. The average molecular weight is 213 g/mol. The second-order valence-electron chi connectivity index (χ2n) is 3.15. The van der Waals surface area contributed by atoms with Crippen LogP contribution >= 0.6 is 11.6 Å². The molecule has 3 N–H and O–H groups in total. The molecule has 0 aliphatic carbocycles. The highest BCUT2D eigenvalue weighted by molar-refractivity contribution is 6.34. The molecule has 1 aliphatic rings. The van der Waals surface area contributed by atoms with Gasteiger partial charge in [0.25, 0.3) is 0 Å². The van der Waals surface area contributed by atoms with Crippen molar-refractivity contribution in [2.75, 3.05) is 5.32 Å². The monoisotopic (exact) mass is 212 g/mol. The first-order valence-electron chi connectivity index (χ1n) is 4.13. The van der Waals surface area contributed by atoms with Gasteiger partial charge < -0.3 is 5.32 Å². The molecule has 1 heterocycles. The Morgan fingerprint density at radius 1 is 1.57 bits per heavy atom. The highest BCUT2D eigenvalue weighted by Gasteiger charge is 2.20. The molecule has 0 radical (unpaired) electrons. The smallest absolute Gasteiger partial charge is 0.228 e. The van der Waals surface area contributed by atoms with Crippen LogP contribution in [0.2, 0.25) is 5.02 Å². The van der Waals surface area contributed by atoms with E-state index in [1.807, 2.05) is 6.07 Å². The summed E-state index contributed by atoms with van der Waals surface area (Å²) in [5.41, 5.74) is 2.47. The van der Waals surface area contributed by atoms with Gasteiger partial charge in [-0.2, -0.15) is 0 Å². The minimum Gasteiger partial charge on any atom is -0.324 e. The fourth-order valence-corrected chi connectivity index (χ4v) is 1.85. The molecule has 1 aliphatic heterocycles. The number of hydrogen-bond acceptors (Lipinski definition) is 3. The van der Waals surface area contributed by atoms with E-state index < -0.39 is 0 Å². The van der Waals surface area contributed by atoms with Gasteiger partial charge in [0.15, 0.2) is 0 Å². The first kappa shape index (κ1) is 9.45. The van der Waals surface area contributed by atoms with E-state index >= 15 is 0 Å². The van der Waals surface area contributed by atoms with Crippen LogP contribution in [0.15, 0.2) is 12.1 Å². The maximum atomic E-state index is 11.1. The van der Waals surface area contributed by atoms with Crippen LogP contribution in [0.1, 0.15) is 11.1 Å². The topological polar surface area (TPSA) is 64.3 Å². The average Bonchev–Trinajstić information content (AvgIpc) is 2.47. The number of halogens is 1. The molecule has 0 spiro atoms. The maximum absolute atomic E-state index is 11.1. The third-order valence-electron chi connectivity index (χ3n) is 2.10. The summed E-state index contributed by atoms with van der Waals surface area (Å²) in [6.45, 7) is 0.293. The van der Waals surface area contributed by atoms with Crippen molar-refractivity contribution in [2.45, 2.75) is 13.0 Å². The van der Waals surface area contributed by atoms with Crippen LogP contribution < -0.4 is 11.2 Å². The number of carbonyl (C=O) groups excluding carboxylic acids is 1. The normalized spacial score (nSPS) is 14.0. The predicted molar refractivity (Wildman–Crippen MR) is 52.8 cm³/mol. The van der Waals surface area contributed by atoms with E-state index in [1.54, 1.807) is 6.07 Å². The van der Waals surface area contributed by atoms with Crippen LogP contribution in [0, 0.1) is 0 Å². The number of nitrogens with two attached hydrogens (primary N) is 1. The molecule has 0 atom stereocenters.